The van der Waals surface area contributed by atoms with Gasteiger partial charge in [-0.25, -0.2) is 4.98 Å². The average molecular weight is 281 g/mol. The van der Waals surface area contributed by atoms with Gasteiger partial charge in [0.2, 0.25) is 0 Å². The third-order valence-electron chi connectivity index (χ3n) is 3.50. The molecule has 0 saturated heterocycles. The summed E-state index contributed by atoms with van der Waals surface area (Å²) in [5.41, 5.74) is 2.24. The zero-order valence-electron chi connectivity index (χ0n) is 10.6. The Morgan fingerprint density at radius 1 is 1.15 bits per heavy atom. The first-order valence-electron chi connectivity index (χ1n) is 6.44. The molecule has 0 saturated carbocycles. The van der Waals surface area contributed by atoms with Crippen LogP contribution in [0.1, 0.15) is 5.56 Å². The van der Waals surface area contributed by atoms with Crippen molar-refractivity contribution >= 4 is 32.4 Å². The number of pyridine rings is 1. The predicted molar refractivity (Wildman–Crippen MR) is 80.8 cm³/mol. The molecule has 0 atom stereocenters. The maximum absolute atomic E-state index is 12.1. The van der Waals surface area contributed by atoms with Crippen LogP contribution in [0.4, 0.5) is 10.8 Å². The van der Waals surface area contributed by atoms with Crippen molar-refractivity contribution in [1.82, 2.24) is 9.97 Å². The minimum atomic E-state index is -0.203. The Balaban J connectivity index is 1.90. The van der Waals surface area contributed by atoms with E-state index in [0.717, 1.165) is 28.6 Å². The lowest BCUT2D eigenvalue weighted by atomic mass is 10.2. The van der Waals surface area contributed by atoms with Crippen LogP contribution in [-0.4, -0.2) is 16.5 Å². The minimum Gasteiger partial charge on any atom is -0.317 e. The first-order chi connectivity index (χ1) is 9.83. The molecule has 1 aliphatic heterocycles. The van der Waals surface area contributed by atoms with Crippen LogP contribution in [0.5, 0.6) is 0 Å². The van der Waals surface area contributed by atoms with E-state index in [1.54, 1.807) is 18.3 Å². The molecular formula is C15H11N3OS. The van der Waals surface area contributed by atoms with E-state index in [0.29, 0.717) is 5.39 Å². The summed E-state index contributed by atoms with van der Waals surface area (Å²) >= 11 is 1.47. The molecule has 3 heterocycles. The standard InChI is InChI=1S/C15H11N3OS/c19-13-11-5-3-8-16-14(11)20-15(17-13)18-9-7-10-4-1-2-6-12(10)18/h1-6,8H,7,9H2. The monoisotopic (exact) mass is 281 g/mol. The zero-order chi connectivity index (χ0) is 13.5. The van der Waals surface area contributed by atoms with Crippen molar-refractivity contribution in [3.8, 4) is 0 Å². The molecule has 1 aliphatic rings. The number of hydrogen-bond donors (Lipinski definition) is 0. The molecule has 5 heteroatoms. The molecule has 0 fully saturated rings. The topological polar surface area (TPSA) is 46.1 Å². The fourth-order valence-corrected chi connectivity index (χ4v) is 3.52. The van der Waals surface area contributed by atoms with Crippen LogP contribution in [-0.2, 0) is 6.42 Å². The SMILES string of the molecule is O=c1nc(N2CCc3ccccc32)sc2ncccc12. The number of aromatic nitrogens is 2. The molecular weight excluding hydrogens is 270 g/mol. The molecule has 20 heavy (non-hydrogen) atoms. The molecule has 0 amide bonds. The second kappa shape index (κ2) is 4.38. The lowest BCUT2D eigenvalue weighted by molar-refractivity contribution is 0.984. The number of nitrogens with zero attached hydrogens (tertiary/aromatic N) is 3. The van der Waals surface area contributed by atoms with Gasteiger partial charge in [0.15, 0.2) is 5.13 Å². The van der Waals surface area contributed by atoms with Crippen LogP contribution in [0, 0.1) is 0 Å². The van der Waals surface area contributed by atoms with Gasteiger partial charge in [0.05, 0.1) is 5.39 Å². The van der Waals surface area contributed by atoms with Crippen LogP contribution >= 0.6 is 11.3 Å². The van der Waals surface area contributed by atoms with E-state index in [1.807, 2.05) is 12.1 Å². The maximum atomic E-state index is 12.1. The number of anilines is 2. The second-order valence-corrected chi connectivity index (χ2v) is 5.64. The summed E-state index contributed by atoms with van der Waals surface area (Å²) in [6.07, 6.45) is 2.69. The molecule has 0 radical (unpaired) electrons. The van der Waals surface area contributed by atoms with Gasteiger partial charge in [0, 0.05) is 18.4 Å². The van der Waals surface area contributed by atoms with Crippen LogP contribution in [0.2, 0.25) is 0 Å². The molecule has 0 N–H and O–H groups in total. The highest BCUT2D eigenvalue weighted by molar-refractivity contribution is 7.21. The number of rotatable bonds is 1. The van der Waals surface area contributed by atoms with Gasteiger partial charge in [-0.15, -0.1) is 0 Å². The summed E-state index contributed by atoms with van der Waals surface area (Å²) in [5.74, 6) is 0. The van der Waals surface area contributed by atoms with Crippen LogP contribution in [0.15, 0.2) is 47.4 Å². The van der Waals surface area contributed by atoms with Crippen molar-refractivity contribution in [3.63, 3.8) is 0 Å². The van der Waals surface area contributed by atoms with Gasteiger partial charge in [0.1, 0.15) is 4.83 Å². The van der Waals surface area contributed by atoms with Gasteiger partial charge in [-0.2, -0.15) is 4.98 Å². The van der Waals surface area contributed by atoms with Gasteiger partial charge in [-0.05, 0) is 30.2 Å². The van der Waals surface area contributed by atoms with Crippen molar-refractivity contribution < 1.29 is 0 Å². The van der Waals surface area contributed by atoms with E-state index in [9.17, 15) is 4.79 Å². The Labute approximate surface area is 119 Å². The van der Waals surface area contributed by atoms with E-state index in [4.69, 9.17) is 0 Å². The fraction of sp³-hybridized carbons (Fsp3) is 0.133. The summed E-state index contributed by atoms with van der Waals surface area (Å²) in [5, 5.41) is 1.32. The summed E-state index contributed by atoms with van der Waals surface area (Å²) in [4.78, 5) is 23.5. The summed E-state index contributed by atoms with van der Waals surface area (Å²) in [6.45, 7) is 0.862. The lowest BCUT2D eigenvalue weighted by Crippen LogP contribution is -2.18. The van der Waals surface area contributed by atoms with E-state index >= 15 is 0 Å². The minimum absolute atomic E-state index is 0.203. The highest BCUT2D eigenvalue weighted by Gasteiger charge is 2.22. The molecule has 1 aromatic carbocycles. The quantitative estimate of drug-likeness (QED) is 0.688. The van der Waals surface area contributed by atoms with Crippen molar-refractivity contribution in [3.05, 3.63) is 58.5 Å². The molecule has 0 bridgehead atoms. The number of hydrogen-bond acceptors (Lipinski definition) is 5. The lowest BCUT2D eigenvalue weighted by Gasteiger charge is -2.17. The molecule has 4 nitrogen and oxygen atoms in total. The largest absolute Gasteiger partial charge is 0.317 e. The van der Waals surface area contributed by atoms with Gasteiger partial charge >= 0.3 is 0 Å². The smallest absolute Gasteiger partial charge is 0.282 e. The number of fused-ring (bicyclic) bond motifs is 2. The Morgan fingerprint density at radius 2 is 2.05 bits per heavy atom. The Kier molecular flexibility index (Phi) is 2.53. The fourth-order valence-electron chi connectivity index (χ4n) is 2.54. The molecule has 0 unspecified atom stereocenters. The normalized spacial score (nSPS) is 13.7. The summed E-state index contributed by atoms with van der Waals surface area (Å²) in [7, 11) is 0. The van der Waals surface area contributed by atoms with Crippen molar-refractivity contribution in [2.75, 3.05) is 11.4 Å². The van der Waals surface area contributed by atoms with Crippen molar-refractivity contribution in [2.45, 2.75) is 6.42 Å². The van der Waals surface area contributed by atoms with Crippen LogP contribution < -0.4 is 10.5 Å². The Bertz CT molecular complexity index is 859. The predicted octanol–water partition coefficient (Wildman–Crippen LogP) is 2.75. The molecule has 2 aromatic heterocycles. The zero-order valence-corrected chi connectivity index (χ0v) is 11.4. The second-order valence-electron chi connectivity index (χ2n) is 4.69. The highest BCUT2D eigenvalue weighted by atomic mass is 32.1. The van der Waals surface area contributed by atoms with Gasteiger partial charge in [-0.1, -0.05) is 29.5 Å². The van der Waals surface area contributed by atoms with E-state index in [1.165, 1.54) is 16.9 Å². The molecule has 3 aromatic rings. The highest BCUT2D eigenvalue weighted by Crippen LogP contribution is 2.35. The van der Waals surface area contributed by atoms with E-state index in [2.05, 4.69) is 27.0 Å². The first-order valence-corrected chi connectivity index (χ1v) is 7.26. The van der Waals surface area contributed by atoms with Gasteiger partial charge in [-0.3, -0.25) is 4.79 Å². The summed E-state index contributed by atoms with van der Waals surface area (Å²) < 4.78 is 0. The van der Waals surface area contributed by atoms with Gasteiger partial charge in [0.25, 0.3) is 5.56 Å². The van der Waals surface area contributed by atoms with E-state index in [-0.39, 0.29) is 5.56 Å². The van der Waals surface area contributed by atoms with Crippen molar-refractivity contribution in [1.29, 1.82) is 0 Å². The van der Waals surface area contributed by atoms with Crippen molar-refractivity contribution in [2.24, 2.45) is 0 Å². The molecule has 98 valence electrons. The summed E-state index contributed by atoms with van der Waals surface area (Å²) in [6, 6.07) is 11.8. The molecule has 0 spiro atoms. The first kappa shape index (κ1) is 11.5. The van der Waals surface area contributed by atoms with Gasteiger partial charge < -0.3 is 4.90 Å². The van der Waals surface area contributed by atoms with E-state index < -0.39 is 0 Å². The average Bonchev–Trinajstić information content (AvgIpc) is 2.91. The Morgan fingerprint density at radius 3 is 3.00 bits per heavy atom. The maximum Gasteiger partial charge on any atom is 0.282 e. The number of benzene rings is 1. The number of para-hydroxylation sites is 1. The third-order valence-corrected chi connectivity index (χ3v) is 4.52. The molecule has 0 aliphatic carbocycles. The van der Waals surface area contributed by atoms with Crippen LogP contribution in [0.3, 0.4) is 0 Å². The van der Waals surface area contributed by atoms with Crippen LogP contribution in [0.25, 0.3) is 10.2 Å². The molecule has 4 rings (SSSR count). The Hall–Kier alpha value is -2.27. The third kappa shape index (κ3) is 1.71.